The van der Waals surface area contributed by atoms with Crippen LogP contribution < -0.4 is 4.72 Å². The van der Waals surface area contributed by atoms with Gasteiger partial charge in [-0.05, 0) is 31.2 Å². The molecule has 0 aliphatic heterocycles. The highest BCUT2D eigenvalue weighted by Gasteiger charge is 2.15. The summed E-state index contributed by atoms with van der Waals surface area (Å²) in [6.45, 7) is 1.49. The van der Waals surface area contributed by atoms with E-state index < -0.39 is 10.0 Å². The minimum absolute atomic E-state index is 0.0610. The molecule has 0 aliphatic rings. The molecule has 3 rings (SSSR count). The van der Waals surface area contributed by atoms with Gasteiger partial charge in [0.25, 0.3) is 0 Å². The molecular formula is C16H15N3O3S. The average molecular weight is 329 g/mol. The highest BCUT2D eigenvalue weighted by atomic mass is 32.2. The van der Waals surface area contributed by atoms with Crippen molar-refractivity contribution >= 4 is 26.8 Å². The fourth-order valence-corrected chi connectivity index (χ4v) is 3.19. The highest BCUT2D eigenvalue weighted by Crippen LogP contribution is 2.13. The fourth-order valence-electron chi connectivity index (χ4n) is 2.20. The number of rotatable bonds is 5. The van der Waals surface area contributed by atoms with E-state index in [4.69, 9.17) is 0 Å². The lowest BCUT2D eigenvalue weighted by Gasteiger charge is -2.05. The molecular weight excluding hydrogens is 314 g/mol. The lowest BCUT2D eigenvalue weighted by atomic mass is 10.2. The van der Waals surface area contributed by atoms with Gasteiger partial charge in [0.05, 0.1) is 22.5 Å². The summed E-state index contributed by atoms with van der Waals surface area (Å²) in [7, 11) is -3.66. The topological polar surface area (TPSA) is 91.9 Å². The normalized spacial score (nSPS) is 11.7. The van der Waals surface area contributed by atoms with Crippen molar-refractivity contribution in [1.29, 1.82) is 0 Å². The van der Waals surface area contributed by atoms with Crippen molar-refractivity contribution < 1.29 is 13.2 Å². The third-order valence-corrected chi connectivity index (χ3v) is 4.86. The molecule has 0 fully saturated rings. The first-order valence-corrected chi connectivity index (χ1v) is 8.48. The van der Waals surface area contributed by atoms with Crippen LogP contribution in [0.5, 0.6) is 0 Å². The molecule has 0 radical (unpaired) electrons. The molecule has 1 aromatic heterocycles. The zero-order chi connectivity index (χ0) is 16.4. The summed E-state index contributed by atoms with van der Waals surface area (Å²) in [5.41, 5.74) is 2.11. The molecule has 2 aromatic carbocycles. The largest absolute Gasteiger partial charge is 0.341 e. The molecule has 118 valence electrons. The van der Waals surface area contributed by atoms with Crippen molar-refractivity contribution in [3.05, 3.63) is 59.9 Å². The van der Waals surface area contributed by atoms with Crippen LogP contribution in [0.1, 0.15) is 23.1 Å². The molecule has 23 heavy (non-hydrogen) atoms. The number of hydrogen-bond acceptors (Lipinski definition) is 4. The summed E-state index contributed by atoms with van der Waals surface area (Å²) < 4.78 is 27.0. The van der Waals surface area contributed by atoms with Gasteiger partial charge in [-0.2, -0.15) is 0 Å². The molecule has 0 atom stereocenters. The lowest BCUT2D eigenvalue weighted by molar-refractivity contribution is 0.101. The van der Waals surface area contributed by atoms with Crippen LogP contribution in [0.3, 0.4) is 0 Å². The van der Waals surface area contributed by atoms with Gasteiger partial charge in [0, 0.05) is 5.56 Å². The second-order valence-electron chi connectivity index (χ2n) is 5.11. The van der Waals surface area contributed by atoms with Gasteiger partial charge in [-0.3, -0.25) is 4.79 Å². The number of Topliss-reactive ketones (excluding diaryl/α,β-unsaturated/α-hetero) is 1. The maximum atomic E-state index is 12.3. The Morgan fingerprint density at radius 3 is 2.48 bits per heavy atom. The van der Waals surface area contributed by atoms with Gasteiger partial charge >= 0.3 is 0 Å². The molecule has 0 amide bonds. The standard InChI is InChI=1S/C16H15N3O3S/c1-11(20)12-6-8-13(9-7-12)23(21,22)17-10-16-18-14-4-2-3-5-15(14)19-16/h2-9,17H,10H2,1H3,(H,18,19). The first kappa shape index (κ1) is 15.4. The number of para-hydroxylation sites is 2. The zero-order valence-corrected chi connectivity index (χ0v) is 13.2. The molecule has 3 aromatic rings. The van der Waals surface area contributed by atoms with E-state index in [-0.39, 0.29) is 17.2 Å². The van der Waals surface area contributed by atoms with Gasteiger partial charge in [0.15, 0.2) is 5.78 Å². The van der Waals surface area contributed by atoms with E-state index in [1.807, 2.05) is 24.3 Å². The molecule has 0 bridgehead atoms. The summed E-state index contributed by atoms with van der Waals surface area (Å²) >= 11 is 0. The molecule has 7 heteroatoms. The van der Waals surface area contributed by atoms with Crippen molar-refractivity contribution in [2.75, 3.05) is 0 Å². The number of hydrogen-bond donors (Lipinski definition) is 2. The Labute approximate surface area is 133 Å². The zero-order valence-electron chi connectivity index (χ0n) is 12.4. The Hall–Kier alpha value is -2.51. The SMILES string of the molecule is CC(=O)c1ccc(S(=O)(=O)NCc2nc3ccccc3[nH]2)cc1. The summed E-state index contributed by atoms with van der Waals surface area (Å²) in [5, 5.41) is 0. The van der Waals surface area contributed by atoms with E-state index in [1.165, 1.54) is 31.2 Å². The summed E-state index contributed by atoms with van der Waals surface area (Å²) in [4.78, 5) is 18.7. The average Bonchev–Trinajstić information content (AvgIpc) is 2.96. The maximum Gasteiger partial charge on any atom is 0.240 e. The van der Waals surface area contributed by atoms with Crippen LogP contribution in [-0.4, -0.2) is 24.2 Å². The fraction of sp³-hybridized carbons (Fsp3) is 0.125. The lowest BCUT2D eigenvalue weighted by Crippen LogP contribution is -2.23. The van der Waals surface area contributed by atoms with Crippen molar-refractivity contribution in [3.63, 3.8) is 0 Å². The number of nitrogens with zero attached hydrogens (tertiary/aromatic N) is 1. The summed E-state index contributed by atoms with van der Waals surface area (Å²) in [6, 6.07) is 13.3. The van der Waals surface area contributed by atoms with E-state index in [1.54, 1.807) is 0 Å². The van der Waals surface area contributed by atoms with Crippen LogP contribution >= 0.6 is 0 Å². The number of carbonyl (C=O) groups is 1. The molecule has 0 aliphatic carbocycles. The quantitative estimate of drug-likeness (QED) is 0.702. The van der Waals surface area contributed by atoms with E-state index >= 15 is 0 Å². The Morgan fingerprint density at radius 1 is 1.13 bits per heavy atom. The maximum absolute atomic E-state index is 12.3. The number of nitrogens with one attached hydrogen (secondary N) is 2. The minimum atomic E-state index is -3.66. The monoisotopic (exact) mass is 329 g/mol. The summed E-state index contributed by atoms with van der Waals surface area (Å²) in [6.07, 6.45) is 0. The van der Waals surface area contributed by atoms with Gasteiger partial charge < -0.3 is 4.98 Å². The van der Waals surface area contributed by atoms with Gasteiger partial charge in [0.1, 0.15) is 5.82 Å². The third kappa shape index (κ3) is 3.30. The van der Waals surface area contributed by atoms with Crippen LogP contribution in [0.2, 0.25) is 0 Å². The number of sulfonamides is 1. The van der Waals surface area contributed by atoms with Gasteiger partial charge in [-0.15, -0.1) is 0 Å². The van der Waals surface area contributed by atoms with Gasteiger partial charge in [-0.25, -0.2) is 18.1 Å². The number of aromatic nitrogens is 2. The second-order valence-corrected chi connectivity index (χ2v) is 6.87. The Morgan fingerprint density at radius 2 is 1.83 bits per heavy atom. The van der Waals surface area contributed by atoms with Crippen LogP contribution in [0, 0.1) is 0 Å². The van der Waals surface area contributed by atoms with Gasteiger partial charge in [0.2, 0.25) is 10.0 Å². The first-order valence-electron chi connectivity index (χ1n) is 7.00. The first-order chi connectivity index (χ1) is 11.0. The number of ketones is 1. The Balaban J connectivity index is 1.76. The van der Waals surface area contributed by atoms with Crippen LogP contribution in [0.25, 0.3) is 11.0 Å². The van der Waals surface area contributed by atoms with Crippen LogP contribution in [0.4, 0.5) is 0 Å². The number of carbonyl (C=O) groups excluding carboxylic acids is 1. The van der Waals surface area contributed by atoms with E-state index in [9.17, 15) is 13.2 Å². The third-order valence-electron chi connectivity index (χ3n) is 3.44. The number of H-pyrrole nitrogens is 1. The van der Waals surface area contributed by atoms with Gasteiger partial charge in [-0.1, -0.05) is 24.3 Å². The molecule has 2 N–H and O–H groups in total. The molecule has 0 saturated heterocycles. The van der Waals surface area contributed by atoms with Crippen LogP contribution in [-0.2, 0) is 16.6 Å². The Kier molecular flexibility index (Phi) is 3.97. The second kappa shape index (κ2) is 5.94. The number of fused-ring (bicyclic) bond motifs is 1. The summed E-state index contributed by atoms with van der Waals surface area (Å²) in [5.74, 6) is 0.430. The predicted molar refractivity (Wildman–Crippen MR) is 86.6 cm³/mol. The van der Waals surface area contributed by atoms with Crippen molar-refractivity contribution in [1.82, 2.24) is 14.7 Å². The number of imidazole rings is 1. The van der Waals surface area contributed by atoms with Crippen LogP contribution in [0.15, 0.2) is 53.4 Å². The Bertz CT molecular complexity index is 927. The molecule has 0 saturated carbocycles. The molecule has 0 spiro atoms. The minimum Gasteiger partial charge on any atom is -0.341 e. The molecule has 0 unspecified atom stereocenters. The highest BCUT2D eigenvalue weighted by molar-refractivity contribution is 7.89. The van der Waals surface area contributed by atoms with E-state index in [0.717, 1.165) is 11.0 Å². The van der Waals surface area contributed by atoms with E-state index in [2.05, 4.69) is 14.7 Å². The molecule has 6 nitrogen and oxygen atoms in total. The van der Waals surface area contributed by atoms with E-state index in [0.29, 0.717) is 11.4 Å². The smallest absolute Gasteiger partial charge is 0.240 e. The molecule has 1 heterocycles. The number of benzene rings is 2. The van der Waals surface area contributed by atoms with Crippen molar-refractivity contribution in [3.8, 4) is 0 Å². The number of aromatic amines is 1. The van der Waals surface area contributed by atoms with Crippen molar-refractivity contribution in [2.45, 2.75) is 18.4 Å². The van der Waals surface area contributed by atoms with Crippen molar-refractivity contribution in [2.24, 2.45) is 0 Å². The predicted octanol–water partition coefficient (Wildman–Crippen LogP) is 2.24.